The molecule has 0 aliphatic rings. The molecule has 1 N–H and O–H groups in total. The van der Waals surface area contributed by atoms with E-state index >= 15 is 0 Å². The topological polar surface area (TPSA) is 21.3 Å². The maximum atomic E-state index is 14.1. The Morgan fingerprint density at radius 3 is 2.60 bits per heavy atom. The number of ether oxygens (including phenoxy) is 1. The monoisotopic (exact) mass is 301 g/mol. The molecule has 0 aromatic heterocycles. The van der Waals surface area contributed by atoms with E-state index in [1.165, 1.54) is 0 Å². The van der Waals surface area contributed by atoms with Gasteiger partial charge in [-0.25, -0.2) is 4.39 Å². The van der Waals surface area contributed by atoms with E-state index < -0.39 is 0 Å². The molecule has 0 aliphatic heterocycles. The molecular weight excluding hydrogens is 277 g/mol. The fourth-order valence-corrected chi connectivity index (χ4v) is 2.65. The first-order valence-electron chi connectivity index (χ1n) is 7.28. The summed E-state index contributed by atoms with van der Waals surface area (Å²) in [5.74, 6) is -0.327. The molecule has 2 nitrogen and oxygen atoms in total. The molecule has 0 radical (unpaired) electrons. The summed E-state index contributed by atoms with van der Waals surface area (Å²) in [5, 5.41) is 3.59. The molecule has 1 aromatic rings. The van der Waals surface area contributed by atoms with E-state index in [9.17, 15) is 4.39 Å². The van der Waals surface area contributed by atoms with Crippen molar-refractivity contribution < 1.29 is 9.13 Å². The molecule has 1 aromatic carbocycles. The van der Waals surface area contributed by atoms with Crippen molar-refractivity contribution in [2.45, 2.75) is 52.2 Å². The maximum absolute atomic E-state index is 14.1. The molecule has 0 bridgehead atoms. The average Bonchev–Trinajstić information content (AvgIpc) is 2.43. The Hall–Kier alpha value is -0.640. The molecule has 0 fully saturated rings. The molecule has 2 atom stereocenters. The zero-order chi connectivity index (χ0) is 15.2. The lowest BCUT2D eigenvalue weighted by atomic mass is 9.88. The molecule has 0 spiro atoms. The van der Waals surface area contributed by atoms with Crippen LogP contribution in [-0.2, 0) is 11.2 Å². The molecule has 0 heterocycles. The Kier molecular flexibility index (Phi) is 6.93. The van der Waals surface area contributed by atoms with Gasteiger partial charge in [-0.15, -0.1) is 0 Å². The highest BCUT2D eigenvalue weighted by atomic mass is 35.5. The second-order valence-corrected chi connectivity index (χ2v) is 5.53. The zero-order valence-corrected chi connectivity index (χ0v) is 13.6. The van der Waals surface area contributed by atoms with Crippen LogP contribution in [0.25, 0.3) is 0 Å². The zero-order valence-electron chi connectivity index (χ0n) is 12.8. The molecule has 0 amide bonds. The third-order valence-corrected chi connectivity index (χ3v) is 4.11. The van der Waals surface area contributed by atoms with Gasteiger partial charge in [0.2, 0.25) is 0 Å². The smallest absolute Gasteiger partial charge is 0.145 e. The van der Waals surface area contributed by atoms with Gasteiger partial charge < -0.3 is 10.1 Å². The quantitative estimate of drug-likeness (QED) is 0.777. The Balaban J connectivity index is 2.99. The van der Waals surface area contributed by atoms with Gasteiger partial charge in [0, 0.05) is 12.6 Å². The fraction of sp³-hybridized carbons (Fsp3) is 0.625. The highest BCUT2D eigenvalue weighted by Gasteiger charge is 2.33. The normalized spacial score (nSPS) is 15.9. The highest BCUT2D eigenvalue weighted by molar-refractivity contribution is 6.30. The van der Waals surface area contributed by atoms with Crippen molar-refractivity contribution >= 4 is 11.6 Å². The highest BCUT2D eigenvalue weighted by Crippen LogP contribution is 2.26. The average molecular weight is 302 g/mol. The van der Waals surface area contributed by atoms with Gasteiger partial charge in [-0.3, -0.25) is 0 Å². The van der Waals surface area contributed by atoms with Gasteiger partial charge in [-0.05, 0) is 44.9 Å². The minimum Gasteiger partial charge on any atom is -0.374 e. The van der Waals surface area contributed by atoms with E-state index in [-0.39, 0.29) is 22.5 Å². The van der Waals surface area contributed by atoms with E-state index in [4.69, 9.17) is 16.3 Å². The van der Waals surface area contributed by atoms with Crippen molar-refractivity contribution in [3.63, 3.8) is 0 Å². The number of nitrogens with one attached hydrogen (secondary N) is 1. The van der Waals surface area contributed by atoms with E-state index in [2.05, 4.69) is 19.2 Å². The van der Waals surface area contributed by atoms with Gasteiger partial charge in [0.05, 0.1) is 10.6 Å². The van der Waals surface area contributed by atoms with Crippen molar-refractivity contribution in [3.05, 3.63) is 34.6 Å². The lowest BCUT2D eigenvalue weighted by Crippen LogP contribution is -2.51. The van der Waals surface area contributed by atoms with Crippen LogP contribution in [0.15, 0.2) is 18.2 Å². The van der Waals surface area contributed by atoms with Crippen molar-refractivity contribution in [3.8, 4) is 0 Å². The molecule has 0 saturated heterocycles. The molecule has 0 saturated carbocycles. The van der Waals surface area contributed by atoms with Gasteiger partial charge in [0.25, 0.3) is 0 Å². The second kappa shape index (κ2) is 7.96. The van der Waals surface area contributed by atoms with Gasteiger partial charge in [0.1, 0.15) is 5.82 Å². The SMILES string of the molecule is CCNC(Cc1cccc(Cl)c1F)C(C)(CC)OCC. The molecule has 20 heavy (non-hydrogen) atoms. The minimum atomic E-state index is -0.327. The summed E-state index contributed by atoms with van der Waals surface area (Å²) in [6.07, 6.45) is 1.42. The van der Waals surface area contributed by atoms with Crippen LogP contribution >= 0.6 is 11.6 Å². The van der Waals surface area contributed by atoms with Crippen molar-refractivity contribution in [2.75, 3.05) is 13.2 Å². The van der Waals surface area contributed by atoms with Crippen LogP contribution in [0.5, 0.6) is 0 Å². The van der Waals surface area contributed by atoms with Crippen LogP contribution in [0.1, 0.15) is 39.7 Å². The van der Waals surface area contributed by atoms with E-state index in [0.29, 0.717) is 18.6 Å². The summed E-state index contributed by atoms with van der Waals surface area (Å²) in [7, 11) is 0. The largest absolute Gasteiger partial charge is 0.374 e. The van der Waals surface area contributed by atoms with E-state index in [1.54, 1.807) is 18.2 Å². The number of rotatable bonds is 8. The Morgan fingerprint density at radius 1 is 1.35 bits per heavy atom. The van der Waals surface area contributed by atoms with Crippen LogP contribution in [-0.4, -0.2) is 24.8 Å². The molecule has 0 aliphatic carbocycles. The van der Waals surface area contributed by atoms with Crippen LogP contribution in [0.4, 0.5) is 4.39 Å². The van der Waals surface area contributed by atoms with Gasteiger partial charge >= 0.3 is 0 Å². The number of hydrogen-bond donors (Lipinski definition) is 1. The summed E-state index contributed by atoms with van der Waals surface area (Å²) in [4.78, 5) is 0. The second-order valence-electron chi connectivity index (χ2n) is 5.13. The van der Waals surface area contributed by atoms with Crippen molar-refractivity contribution in [2.24, 2.45) is 0 Å². The first kappa shape index (κ1) is 17.4. The Bertz CT molecular complexity index is 427. The lowest BCUT2D eigenvalue weighted by Gasteiger charge is -2.37. The predicted octanol–water partition coefficient (Wildman–Crippen LogP) is 4.20. The molecule has 1 rings (SSSR count). The first-order valence-corrected chi connectivity index (χ1v) is 7.66. The number of hydrogen-bond acceptors (Lipinski definition) is 2. The van der Waals surface area contributed by atoms with Crippen molar-refractivity contribution in [1.29, 1.82) is 0 Å². The van der Waals surface area contributed by atoms with Gasteiger partial charge in [-0.1, -0.05) is 37.6 Å². The third-order valence-electron chi connectivity index (χ3n) is 3.82. The van der Waals surface area contributed by atoms with Gasteiger partial charge in [0.15, 0.2) is 0 Å². The molecular formula is C16H25ClFNO. The fourth-order valence-electron chi connectivity index (χ4n) is 2.46. The first-order chi connectivity index (χ1) is 9.48. The van der Waals surface area contributed by atoms with Crippen LogP contribution in [0, 0.1) is 5.82 Å². The number of benzene rings is 1. The van der Waals surface area contributed by atoms with Crippen molar-refractivity contribution in [1.82, 2.24) is 5.32 Å². The summed E-state index contributed by atoms with van der Waals surface area (Å²) in [5.41, 5.74) is 0.308. The summed E-state index contributed by atoms with van der Waals surface area (Å²) < 4.78 is 20.0. The Morgan fingerprint density at radius 2 is 2.05 bits per heavy atom. The lowest BCUT2D eigenvalue weighted by molar-refractivity contribution is -0.0548. The third kappa shape index (κ3) is 4.18. The summed E-state index contributed by atoms with van der Waals surface area (Å²) in [6, 6.07) is 5.19. The standard InChI is InChI=1S/C16H25ClFNO/c1-5-16(4,20-7-3)14(19-6-2)11-12-9-8-10-13(17)15(12)18/h8-10,14,19H,5-7,11H2,1-4H3. The molecule has 4 heteroatoms. The molecule has 2 unspecified atom stereocenters. The van der Waals surface area contributed by atoms with Crippen LogP contribution in [0.2, 0.25) is 5.02 Å². The number of likely N-dealkylation sites (N-methyl/N-ethyl adjacent to an activating group) is 1. The number of halogens is 2. The predicted molar refractivity (Wildman–Crippen MR) is 82.9 cm³/mol. The summed E-state index contributed by atoms with van der Waals surface area (Å²) >= 11 is 5.86. The maximum Gasteiger partial charge on any atom is 0.145 e. The van der Waals surface area contributed by atoms with E-state index in [0.717, 1.165) is 13.0 Å². The van der Waals surface area contributed by atoms with Crippen LogP contribution in [0.3, 0.4) is 0 Å². The Labute approximate surface area is 126 Å². The van der Waals surface area contributed by atoms with E-state index in [1.807, 2.05) is 13.8 Å². The van der Waals surface area contributed by atoms with Crippen LogP contribution < -0.4 is 5.32 Å². The molecule has 114 valence electrons. The minimum absolute atomic E-state index is 0.0467. The van der Waals surface area contributed by atoms with Gasteiger partial charge in [-0.2, -0.15) is 0 Å². The summed E-state index contributed by atoms with van der Waals surface area (Å²) in [6.45, 7) is 9.65.